The molecule has 5 heteroatoms. The molecule has 76 valence electrons. The fourth-order valence-corrected chi connectivity index (χ4v) is 1.33. The highest BCUT2D eigenvalue weighted by atomic mass is 16.6. The molecule has 0 fully saturated rings. The zero-order valence-corrected chi connectivity index (χ0v) is 8.10. The van der Waals surface area contributed by atoms with E-state index in [0.29, 0.717) is 0 Å². The Morgan fingerprint density at radius 1 is 1.60 bits per heavy atom. The van der Waals surface area contributed by atoms with Crippen molar-refractivity contribution in [2.24, 2.45) is 0 Å². The molecule has 5 nitrogen and oxygen atoms in total. The molecular weight excluding hydrogens is 194 g/mol. The van der Waals surface area contributed by atoms with Gasteiger partial charge in [0.15, 0.2) is 0 Å². The lowest BCUT2D eigenvalue weighted by Gasteiger charge is -1.93. The van der Waals surface area contributed by atoms with Crippen LogP contribution >= 0.6 is 0 Å². The second-order valence-electron chi connectivity index (χ2n) is 3.22. The van der Waals surface area contributed by atoms with Gasteiger partial charge in [-0.3, -0.25) is 10.1 Å². The van der Waals surface area contributed by atoms with E-state index in [1.807, 2.05) is 12.1 Å². The van der Waals surface area contributed by atoms with Crippen LogP contribution in [0.1, 0.15) is 12.5 Å². The fourth-order valence-electron chi connectivity index (χ4n) is 1.33. The number of hydrogen-bond donors (Lipinski definition) is 1. The minimum Gasteiger partial charge on any atom is -0.345 e. The van der Waals surface area contributed by atoms with Gasteiger partial charge in [-0.15, -0.1) is 0 Å². The van der Waals surface area contributed by atoms with Gasteiger partial charge in [-0.2, -0.15) is 0 Å². The number of aromatic nitrogens is 2. The van der Waals surface area contributed by atoms with E-state index in [1.165, 1.54) is 13.0 Å². The van der Waals surface area contributed by atoms with E-state index < -0.39 is 4.92 Å². The first kappa shape index (κ1) is 9.39. The van der Waals surface area contributed by atoms with E-state index in [2.05, 4.69) is 9.97 Å². The maximum Gasteiger partial charge on any atom is 0.243 e. The van der Waals surface area contributed by atoms with Gasteiger partial charge >= 0.3 is 0 Å². The molecule has 0 saturated heterocycles. The van der Waals surface area contributed by atoms with Gasteiger partial charge in [0.1, 0.15) is 0 Å². The van der Waals surface area contributed by atoms with Crippen molar-refractivity contribution in [2.45, 2.75) is 6.92 Å². The summed E-state index contributed by atoms with van der Waals surface area (Å²) in [6.45, 7) is 1.47. The molecule has 15 heavy (non-hydrogen) atoms. The third kappa shape index (κ3) is 1.85. The van der Waals surface area contributed by atoms with Crippen LogP contribution < -0.4 is 0 Å². The Morgan fingerprint density at radius 2 is 2.40 bits per heavy atom. The predicted molar refractivity (Wildman–Crippen MR) is 56.7 cm³/mol. The Morgan fingerprint density at radius 3 is 3.13 bits per heavy atom. The summed E-state index contributed by atoms with van der Waals surface area (Å²) in [7, 11) is 0. The van der Waals surface area contributed by atoms with E-state index in [1.54, 1.807) is 12.4 Å². The van der Waals surface area contributed by atoms with E-state index in [4.69, 9.17) is 0 Å². The van der Waals surface area contributed by atoms with Crippen LogP contribution in [0.4, 0.5) is 0 Å². The molecular formula is C10H9N3O2. The summed E-state index contributed by atoms with van der Waals surface area (Å²) in [4.78, 5) is 17.1. The number of rotatable bonds is 2. The van der Waals surface area contributed by atoms with Crippen molar-refractivity contribution in [3.63, 3.8) is 0 Å². The quantitative estimate of drug-likeness (QED) is 0.600. The minimum atomic E-state index is -0.408. The molecule has 0 amide bonds. The third-order valence-electron chi connectivity index (χ3n) is 2.11. The lowest BCUT2D eigenvalue weighted by Crippen LogP contribution is -1.92. The molecule has 0 atom stereocenters. The second kappa shape index (κ2) is 3.53. The molecule has 0 spiro atoms. The lowest BCUT2D eigenvalue weighted by molar-refractivity contribution is -0.422. The lowest BCUT2D eigenvalue weighted by atomic mass is 10.2. The van der Waals surface area contributed by atoms with E-state index in [0.717, 1.165) is 16.6 Å². The van der Waals surface area contributed by atoms with E-state index in [-0.39, 0.29) is 5.70 Å². The van der Waals surface area contributed by atoms with Crippen LogP contribution in [0.2, 0.25) is 0 Å². The minimum absolute atomic E-state index is 0.116. The molecule has 1 heterocycles. The molecule has 0 aliphatic carbocycles. The third-order valence-corrected chi connectivity index (χ3v) is 2.11. The van der Waals surface area contributed by atoms with E-state index >= 15 is 0 Å². The number of imidazole rings is 1. The predicted octanol–water partition coefficient (Wildman–Crippen LogP) is 2.20. The normalized spacial score (nSPS) is 11.9. The zero-order chi connectivity index (χ0) is 10.8. The van der Waals surface area contributed by atoms with E-state index in [9.17, 15) is 10.1 Å². The number of benzene rings is 1. The highest BCUT2D eigenvalue weighted by Gasteiger charge is 2.03. The van der Waals surface area contributed by atoms with Crippen LogP contribution in [0.5, 0.6) is 0 Å². The van der Waals surface area contributed by atoms with Crippen molar-refractivity contribution in [1.82, 2.24) is 9.97 Å². The summed E-state index contributed by atoms with van der Waals surface area (Å²) in [6, 6.07) is 5.47. The fraction of sp³-hybridized carbons (Fsp3) is 0.100. The van der Waals surface area contributed by atoms with Gasteiger partial charge in [0, 0.05) is 13.0 Å². The van der Waals surface area contributed by atoms with Gasteiger partial charge in [0.05, 0.1) is 22.3 Å². The molecule has 1 aromatic carbocycles. The van der Waals surface area contributed by atoms with Crippen LogP contribution in [0.25, 0.3) is 17.1 Å². The van der Waals surface area contributed by atoms with Crippen LogP contribution in [0.3, 0.4) is 0 Å². The number of nitrogens with one attached hydrogen (secondary N) is 1. The summed E-state index contributed by atoms with van der Waals surface area (Å²) < 4.78 is 0. The second-order valence-corrected chi connectivity index (χ2v) is 3.22. The average molecular weight is 203 g/mol. The molecule has 2 rings (SSSR count). The standard InChI is InChI=1S/C10H9N3O2/c1-7(13(14)15)4-8-2-3-9-10(5-8)12-6-11-9/h2-6H,1H3,(H,11,12)/b7-4+. The van der Waals surface area contributed by atoms with Crippen molar-refractivity contribution < 1.29 is 4.92 Å². The van der Waals surface area contributed by atoms with Crippen molar-refractivity contribution >= 4 is 17.1 Å². The first-order chi connectivity index (χ1) is 7.16. The molecule has 0 unspecified atom stereocenters. The summed E-state index contributed by atoms with van der Waals surface area (Å²) in [5, 5.41) is 10.4. The molecule has 0 aliphatic heterocycles. The van der Waals surface area contributed by atoms with Gasteiger partial charge in [0.25, 0.3) is 0 Å². The maximum absolute atomic E-state index is 10.4. The average Bonchev–Trinajstić information content (AvgIpc) is 2.64. The highest BCUT2D eigenvalue weighted by Crippen LogP contribution is 2.14. The molecule has 0 radical (unpaired) electrons. The topological polar surface area (TPSA) is 71.8 Å². The summed E-state index contributed by atoms with van der Waals surface area (Å²) in [5.74, 6) is 0. The maximum atomic E-state index is 10.4. The first-order valence-electron chi connectivity index (χ1n) is 4.42. The van der Waals surface area contributed by atoms with Crippen LogP contribution in [-0.2, 0) is 0 Å². The van der Waals surface area contributed by atoms with Crippen molar-refractivity contribution in [1.29, 1.82) is 0 Å². The molecule has 2 aromatic rings. The molecule has 0 aliphatic rings. The highest BCUT2D eigenvalue weighted by molar-refractivity contribution is 5.77. The first-order valence-corrected chi connectivity index (χ1v) is 4.42. The smallest absolute Gasteiger partial charge is 0.243 e. The monoisotopic (exact) mass is 203 g/mol. The molecule has 1 aromatic heterocycles. The van der Waals surface area contributed by atoms with Gasteiger partial charge < -0.3 is 4.98 Å². The number of aromatic amines is 1. The van der Waals surface area contributed by atoms with Gasteiger partial charge in [0.2, 0.25) is 5.70 Å². The molecule has 0 saturated carbocycles. The largest absolute Gasteiger partial charge is 0.345 e. The van der Waals surface area contributed by atoms with Crippen LogP contribution in [0, 0.1) is 10.1 Å². The Labute approximate surface area is 85.6 Å². The van der Waals surface area contributed by atoms with Gasteiger partial charge in [-0.25, -0.2) is 4.98 Å². The SMILES string of the molecule is C/C(=C\c1ccc2[nH]cnc2c1)[N+](=O)[O-]. The van der Waals surface area contributed by atoms with Crippen molar-refractivity contribution in [3.05, 3.63) is 45.9 Å². The van der Waals surface area contributed by atoms with Crippen molar-refractivity contribution in [3.8, 4) is 0 Å². The Kier molecular flexibility index (Phi) is 2.21. The molecule has 0 bridgehead atoms. The van der Waals surface area contributed by atoms with Gasteiger partial charge in [-0.05, 0) is 17.7 Å². The summed E-state index contributed by atoms with van der Waals surface area (Å²) in [5.41, 5.74) is 2.62. The Hall–Kier alpha value is -2.17. The Balaban J connectivity index is 2.44. The number of H-pyrrole nitrogens is 1. The Bertz CT molecular complexity index is 542. The number of allylic oxidation sites excluding steroid dienone is 1. The van der Waals surface area contributed by atoms with Crippen LogP contribution in [-0.4, -0.2) is 14.9 Å². The number of fused-ring (bicyclic) bond motifs is 1. The molecule has 1 N–H and O–H groups in total. The van der Waals surface area contributed by atoms with Crippen LogP contribution in [0.15, 0.2) is 30.2 Å². The summed E-state index contributed by atoms with van der Waals surface area (Å²) >= 11 is 0. The zero-order valence-electron chi connectivity index (χ0n) is 8.10. The number of nitro groups is 1. The number of hydrogen-bond acceptors (Lipinski definition) is 3. The van der Waals surface area contributed by atoms with Gasteiger partial charge in [-0.1, -0.05) is 6.07 Å². The van der Waals surface area contributed by atoms with Crippen molar-refractivity contribution in [2.75, 3.05) is 0 Å². The summed E-state index contributed by atoms with van der Waals surface area (Å²) in [6.07, 6.45) is 3.12. The number of nitrogens with zero attached hydrogens (tertiary/aromatic N) is 2.